The summed E-state index contributed by atoms with van der Waals surface area (Å²) in [7, 11) is -4.29. The SMILES string of the molecule is C=C1C(=CC=C2CCC[C@]3(C)C(CC)=CC[C@H]23)C[C@@](O)(O[Si](C)(C)C(C)(C)C)C[C@@H]1O[Si](C)(C)C(C)(C)C. The van der Waals surface area contributed by atoms with Crippen molar-refractivity contribution in [3.05, 3.63) is 47.1 Å². The van der Waals surface area contributed by atoms with E-state index in [0.29, 0.717) is 24.2 Å². The molecule has 0 amide bonds. The molecule has 0 heterocycles. The van der Waals surface area contributed by atoms with Gasteiger partial charge < -0.3 is 14.0 Å². The molecule has 3 nitrogen and oxygen atoms in total. The lowest BCUT2D eigenvalue weighted by molar-refractivity contribution is -0.168. The van der Waals surface area contributed by atoms with Gasteiger partial charge in [-0.3, -0.25) is 0 Å². The molecule has 3 rings (SSSR count). The third-order valence-corrected chi connectivity index (χ3v) is 19.8. The van der Waals surface area contributed by atoms with Gasteiger partial charge in [0.2, 0.25) is 0 Å². The van der Waals surface area contributed by atoms with E-state index in [1.165, 1.54) is 12.8 Å². The van der Waals surface area contributed by atoms with Crippen molar-refractivity contribution in [3.63, 3.8) is 0 Å². The predicted molar refractivity (Wildman–Crippen MR) is 168 cm³/mol. The first kappa shape index (κ1) is 31.8. The Morgan fingerprint density at radius 1 is 1.05 bits per heavy atom. The highest BCUT2D eigenvalue weighted by molar-refractivity contribution is 6.74. The van der Waals surface area contributed by atoms with Gasteiger partial charge in [-0.25, -0.2) is 0 Å². The normalized spacial score (nSPS) is 33.6. The Balaban J connectivity index is 1.98. The lowest BCUT2D eigenvalue weighted by Crippen LogP contribution is -2.55. The molecule has 38 heavy (non-hydrogen) atoms. The number of hydrogen-bond donors (Lipinski definition) is 1. The molecule has 0 aliphatic heterocycles. The average molecular weight is 559 g/mol. The van der Waals surface area contributed by atoms with Crippen molar-refractivity contribution >= 4 is 16.6 Å². The van der Waals surface area contributed by atoms with Crippen molar-refractivity contribution in [2.45, 2.75) is 148 Å². The second-order valence-electron chi connectivity index (χ2n) is 15.7. The summed E-state index contributed by atoms with van der Waals surface area (Å²) in [4.78, 5) is 0. The van der Waals surface area contributed by atoms with E-state index in [2.05, 4.69) is 106 Å². The van der Waals surface area contributed by atoms with Crippen molar-refractivity contribution in [2.24, 2.45) is 11.3 Å². The smallest absolute Gasteiger partial charge is 0.195 e. The fraction of sp³-hybridized carbons (Fsp3) is 0.758. The minimum atomic E-state index is -2.21. The molecule has 3 aliphatic carbocycles. The molecular formula is C33H58O3Si2. The van der Waals surface area contributed by atoms with Crippen LogP contribution in [0.25, 0.3) is 0 Å². The topological polar surface area (TPSA) is 38.7 Å². The van der Waals surface area contributed by atoms with Crippen LogP contribution in [0.4, 0.5) is 0 Å². The highest BCUT2D eigenvalue weighted by Crippen LogP contribution is 2.55. The van der Waals surface area contributed by atoms with Gasteiger partial charge >= 0.3 is 0 Å². The molecule has 0 saturated heterocycles. The van der Waals surface area contributed by atoms with Gasteiger partial charge in [-0.05, 0) is 90.8 Å². The van der Waals surface area contributed by atoms with Gasteiger partial charge in [0.1, 0.15) is 0 Å². The van der Waals surface area contributed by atoms with Crippen molar-refractivity contribution in [2.75, 3.05) is 0 Å². The quantitative estimate of drug-likeness (QED) is 0.200. The summed E-state index contributed by atoms with van der Waals surface area (Å²) < 4.78 is 13.7. The Bertz CT molecular complexity index is 1000. The van der Waals surface area contributed by atoms with E-state index in [9.17, 15) is 5.11 Å². The summed E-state index contributed by atoms with van der Waals surface area (Å²) in [5.74, 6) is -0.644. The van der Waals surface area contributed by atoms with Crippen LogP contribution in [0.1, 0.15) is 100 Å². The van der Waals surface area contributed by atoms with Gasteiger partial charge in [-0.15, -0.1) is 0 Å². The molecule has 0 aromatic heterocycles. The van der Waals surface area contributed by atoms with Crippen molar-refractivity contribution in [1.82, 2.24) is 0 Å². The van der Waals surface area contributed by atoms with Crippen LogP contribution in [0.5, 0.6) is 0 Å². The molecule has 4 atom stereocenters. The summed E-state index contributed by atoms with van der Waals surface area (Å²) in [6, 6.07) is 0. The predicted octanol–water partition coefficient (Wildman–Crippen LogP) is 9.84. The van der Waals surface area contributed by atoms with Crippen LogP contribution >= 0.6 is 0 Å². The lowest BCUT2D eigenvalue weighted by Gasteiger charge is -2.49. The van der Waals surface area contributed by atoms with Crippen LogP contribution in [0.2, 0.25) is 36.3 Å². The molecule has 5 heteroatoms. The Kier molecular flexibility index (Phi) is 8.86. The van der Waals surface area contributed by atoms with Gasteiger partial charge in [0.25, 0.3) is 0 Å². The summed E-state index contributed by atoms with van der Waals surface area (Å²) in [6.07, 6.45) is 13.8. The Hall–Kier alpha value is -0.726. The monoisotopic (exact) mass is 558 g/mol. The molecule has 0 bridgehead atoms. The van der Waals surface area contributed by atoms with E-state index in [4.69, 9.17) is 8.85 Å². The van der Waals surface area contributed by atoms with Gasteiger partial charge in [0, 0.05) is 12.8 Å². The first-order valence-electron chi connectivity index (χ1n) is 15.0. The van der Waals surface area contributed by atoms with Gasteiger partial charge in [0.15, 0.2) is 22.4 Å². The summed E-state index contributed by atoms with van der Waals surface area (Å²) in [5.41, 5.74) is 5.61. The highest BCUT2D eigenvalue weighted by atomic mass is 28.4. The second-order valence-corrected chi connectivity index (χ2v) is 25.1. The van der Waals surface area contributed by atoms with Crippen LogP contribution in [-0.4, -0.2) is 33.6 Å². The summed E-state index contributed by atoms with van der Waals surface area (Å²) >= 11 is 0. The maximum absolute atomic E-state index is 12.1. The Labute approximate surface area is 237 Å². The second kappa shape index (κ2) is 10.6. The fourth-order valence-electron chi connectivity index (χ4n) is 6.28. The number of allylic oxidation sites excluding steroid dienone is 5. The number of fused-ring (bicyclic) bond motifs is 1. The standard InChI is InChI=1S/C33H58O3Si2/c1-14-27-19-20-28-25(16-15-21-32(27,28)9)17-18-26-22-33(34,36-38(12,13)31(6,7)8)23-29(24(26)2)35-37(10,11)30(3,4)5/h17-19,28-29,34H,2,14-16,20-23H2,1,3-13H3/t28-,29+,32-,33-/m1/s1. The van der Waals surface area contributed by atoms with Gasteiger partial charge in [-0.2, -0.15) is 0 Å². The third-order valence-electron chi connectivity index (χ3n) is 10.9. The minimum absolute atomic E-state index is 0.0117. The Morgan fingerprint density at radius 2 is 1.66 bits per heavy atom. The van der Waals surface area contributed by atoms with E-state index in [1.807, 2.05) is 0 Å². The molecule has 3 aliphatic rings. The highest BCUT2D eigenvalue weighted by Gasteiger charge is 2.50. The van der Waals surface area contributed by atoms with E-state index >= 15 is 0 Å². The largest absolute Gasteiger partial charge is 0.410 e. The maximum Gasteiger partial charge on any atom is 0.195 e. The van der Waals surface area contributed by atoms with Crippen molar-refractivity contribution in [3.8, 4) is 0 Å². The minimum Gasteiger partial charge on any atom is -0.410 e. The fourth-order valence-corrected chi connectivity index (χ4v) is 8.98. The van der Waals surface area contributed by atoms with E-state index < -0.39 is 22.4 Å². The van der Waals surface area contributed by atoms with Crippen LogP contribution < -0.4 is 0 Å². The van der Waals surface area contributed by atoms with Gasteiger partial charge in [0.05, 0.1) is 6.10 Å². The first-order valence-corrected chi connectivity index (χ1v) is 20.9. The molecule has 0 aromatic rings. The van der Waals surface area contributed by atoms with E-state index in [-0.39, 0.29) is 16.2 Å². The van der Waals surface area contributed by atoms with Crippen LogP contribution in [-0.2, 0) is 8.85 Å². The number of hydrogen-bond acceptors (Lipinski definition) is 3. The summed E-state index contributed by atoms with van der Waals surface area (Å²) in [6.45, 7) is 31.9. The molecule has 1 N–H and O–H groups in total. The Morgan fingerprint density at radius 3 is 2.21 bits per heavy atom. The van der Waals surface area contributed by atoms with Crippen LogP contribution in [0.3, 0.4) is 0 Å². The molecule has 0 unspecified atom stereocenters. The number of aliphatic hydroxyl groups is 1. The molecule has 0 radical (unpaired) electrons. The van der Waals surface area contributed by atoms with Crippen LogP contribution in [0.15, 0.2) is 47.1 Å². The van der Waals surface area contributed by atoms with Crippen LogP contribution in [0, 0.1) is 11.3 Å². The van der Waals surface area contributed by atoms with Gasteiger partial charge in [-0.1, -0.05) is 91.3 Å². The zero-order valence-corrected chi connectivity index (χ0v) is 28.8. The maximum atomic E-state index is 12.1. The summed E-state index contributed by atoms with van der Waals surface area (Å²) in [5, 5.41) is 12.1. The molecule has 2 saturated carbocycles. The molecular weight excluding hydrogens is 501 g/mol. The van der Waals surface area contributed by atoms with Crippen molar-refractivity contribution < 1.29 is 14.0 Å². The molecule has 216 valence electrons. The zero-order valence-electron chi connectivity index (χ0n) is 26.8. The lowest BCUT2D eigenvalue weighted by atomic mass is 9.64. The van der Waals surface area contributed by atoms with E-state index in [1.54, 1.807) is 11.1 Å². The molecule has 2 fully saturated rings. The van der Waals surface area contributed by atoms with E-state index in [0.717, 1.165) is 30.4 Å². The number of rotatable bonds is 6. The first-order chi connectivity index (χ1) is 17.2. The zero-order chi connectivity index (χ0) is 28.9. The molecule has 0 spiro atoms. The van der Waals surface area contributed by atoms with Crippen molar-refractivity contribution in [1.29, 1.82) is 0 Å². The third kappa shape index (κ3) is 6.27. The molecule has 0 aromatic carbocycles. The average Bonchev–Trinajstić information content (AvgIpc) is 3.09.